The summed E-state index contributed by atoms with van der Waals surface area (Å²) < 4.78 is 14.7. The van der Waals surface area contributed by atoms with Gasteiger partial charge in [0.15, 0.2) is 0 Å². The molecule has 4 amide bonds. The monoisotopic (exact) mass is 415 g/mol. The molecule has 0 aromatic heterocycles. The van der Waals surface area contributed by atoms with Crippen LogP contribution in [0.25, 0.3) is 0 Å². The van der Waals surface area contributed by atoms with Gasteiger partial charge in [-0.3, -0.25) is 5.32 Å². The van der Waals surface area contributed by atoms with E-state index in [1.165, 1.54) is 25.7 Å². The van der Waals surface area contributed by atoms with E-state index in [0.717, 1.165) is 30.4 Å². The summed E-state index contributed by atoms with van der Waals surface area (Å²) in [6.45, 7) is 1.64. The number of urea groups is 2. The smallest absolute Gasteiger partial charge is 0.316 e. The van der Waals surface area contributed by atoms with Crippen molar-refractivity contribution in [1.82, 2.24) is 26.6 Å². The highest BCUT2D eigenvalue weighted by atomic mass is 19.1. The molecule has 2 saturated heterocycles. The van der Waals surface area contributed by atoms with Crippen LogP contribution in [0.2, 0.25) is 0 Å². The Hall–Kier alpha value is -2.35. The largest absolute Gasteiger partial charge is 0.338 e. The van der Waals surface area contributed by atoms with Gasteiger partial charge in [-0.15, -0.1) is 0 Å². The van der Waals surface area contributed by atoms with Gasteiger partial charge in [0.05, 0.1) is 6.04 Å². The molecule has 6 unspecified atom stereocenters. The van der Waals surface area contributed by atoms with Crippen molar-refractivity contribution in [3.63, 3.8) is 0 Å². The molecule has 7 nitrogen and oxygen atoms in total. The zero-order valence-corrected chi connectivity index (χ0v) is 17.0. The van der Waals surface area contributed by atoms with Gasteiger partial charge in [-0.05, 0) is 61.6 Å². The summed E-state index contributed by atoms with van der Waals surface area (Å²) in [6, 6.07) is 4.67. The van der Waals surface area contributed by atoms with E-state index in [2.05, 4.69) is 26.6 Å². The highest BCUT2D eigenvalue weighted by Gasteiger charge is 2.41. The fourth-order valence-corrected chi connectivity index (χ4v) is 5.99. The minimum atomic E-state index is -0.326. The van der Waals surface area contributed by atoms with Crippen LogP contribution in [0.3, 0.4) is 0 Å². The van der Waals surface area contributed by atoms with Gasteiger partial charge in [0.2, 0.25) is 0 Å². The van der Waals surface area contributed by atoms with Crippen LogP contribution in [0.1, 0.15) is 49.1 Å². The average molecular weight is 416 g/mol. The standard InChI is InChI=1S/C22H30FN5O2/c23-18-9-14(17-5-6-24-20-19(17)27-22(30)28-20)3-4-15(18)10-25-21(29)26-11-16-8-12-1-2-13(16)7-12/h3-4,9,12-13,16-17,19-20,24H,1-2,5-8,10-11H2,(H2,25,26,29)(H2,27,28,30). The Morgan fingerprint density at radius 3 is 2.80 bits per heavy atom. The van der Waals surface area contributed by atoms with Crippen molar-refractivity contribution in [3.05, 3.63) is 35.1 Å². The molecule has 2 saturated carbocycles. The van der Waals surface area contributed by atoms with Crippen LogP contribution >= 0.6 is 0 Å². The van der Waals surface area contributed by atoms with Crippen LogP contribution in [0, 0.1) is 23.6 Å². The van der Waals surface area contributed by atoms with E-state index in [4.69, 9.17) is 0 Å². The maximum Gasteiger partial charge on any atom is 0.316 e. The number of carbonyl (C=O) groups is 2. The summed E-state index contributed by atoms with van der Waals surface area (Å²) in [5, 5.41) is 14.8. The Bertz CT molecular complexity index is 834. The third-order valence-electron chi connectivity index (χ3n) is 7.55. The Labute approximate surface area is 175 Å². The number of hydrogen-bond donors (Lipinski definition) is 5. The maximum atomic E-state index is 14.7. The van der Waals surface area contributed by atoms with Crippen LogP contribution in [-0.2, 0) is 6.54 Å². The summed E-state index contributed by atoms with van der Waals surface area (Å²) in [7, 11) is 0. The van der Waals surface area contributed by atoms with Crippen molar-refractivity contribution >= 4 is 12.1 Å². The number of carbonyl (C=O) groups excluding carboxylic acids is 2. The molecular weight excluding hydrogens is 385 g/mol. The minimum Gasteiger partial charge on any atom is -0.338 e. The third-order valence-corrected chi connectivity index (χ3v) is 7.55. The molecule has 5 rings (SSSR count). The molecule has 5 N–H and O–H groups in total. The van der Waals surface area contributed by atoms with Crippen LogP contribution in [-0.4, -0.2) is 37.4 Å². The molecule has 2 aliphatic carbocycles. The molecule has 1 aromatic rings. The minimum absolute atomic E-state index is 0.0525. The molecule has 162 valence electrons. The van der Waals surface area contributed by atoms with Crippen LogP contribution in [0.5, 0.6) is 0 Å². The molecule has 30 heavy (non-hydrogen) atoms. The highest BCUT2D eigenvalue weighted by Crippen LogP contribution is 2.47. The number of fused-ring (bicyclic) bond motifs is 3. The predicted molar refractivity (Wildman–Crippen MR) is 110 cm³/mol. The first-order valence-corrected chi connectivity index (χ1v) is 11.2. The number of nitrogens with one attached hydrogen (secondary N) is 5. The molecule has 4 fully saturated rings. The van der Waals surface area contributed by atoms with Crippen molar-refractivity contribution in [2.75, 3.05) is 13.1 Å². The number of benzene rings is 1. The Morgan fingerprint density at radius 1 is 1.13 bits per heavy atom. The zero-order chi connectivity index (χ0) is 20.7. The summed E-state index contributed by atoms with van der Waals surface area (Å²) in [5.41, 5.74) is 1.34. The second-order valence-electron chi connectivity index (χ2n) is 9.32. The molecule has 4 aliphatic rings. The fourth-order valence-electron chi connectivity index (χ4n) is 5.99. The normalized spacial score (nSPS) is 34.2. The summed E-state index contributed by atoms with van der Waals surface area (Å²) in [6.07, 6.45) is 5.91. The first kappa shape index (κ1) is 19.6. The van der Waals surface area contributed by atoms with E-state index < -0.39 is 0 Å². The second-order valence-corrected chi connectivity index (χ2v) is 9.32. The van der Waals surface area contributed by atoms with Gasteiger partial charge in [-0.25, -0.2) is 14.0 Å². The second kappa shape index (κ2) is 8.06. The molecule has 0 spiro atoms. The fraction of sp³-hybridized carbons (Fsp3) is 0.636. The van der Waals surface area contributed by atoms with Crippen LogP contribution in [0.4, 0.5) is 14.0 Å². The molecular formula is C22H30FN5O2. The topological polar surface area (TPSA) is 94.3 Å². The third kappa shape index (κ3) is 3.85. The summed E-state index contributed by atoms with van der Waals surface area (Å²) >= 11 is 0. The van der Waals surface area contributed by atoms with Gasteiger partial charge in [-0.2, -0.15) is 0 Å². The number of hydrogen-bond acceptors (Lipinski definition) is 3. The van der Waals surface area contributed by atoms with Gasteiger partial charge in [0.1, 0.15) is 12.0 Å². The SMILES string of the molecule is O=C(NCc1ccc(C2CCNC3NC(=O)NC32)cc1F)NCC1CC2CCC1C2. The number of rotatable bonds is 5. The van der Waals surface area contributed by atoms with E-state index >= 15 is 0 Å². The average Bonchev–Trinajstić information content (AvgIpc) is 3.45. The van der Waals surface area contributed by atoms with E-state index in [1.807, 2.05) is 6.07 Å². The van der Waals surface area contributed by atoms with Gasteiger partial charge >= 0.3 is 12.1 Å². The molecule has 2 bridgehead atoms. The molecule has 2 heterocycles. The lowest BCUT2D eigenvalue weighted by molar-refractivity contribution is 0.234. The van der Waals surface area contributed by atoms with Crippen LogP contribution < -0.4 is 26.6 Å². The van der Waals surface area contributed by atoms with Crippen molar-refractivity contribution in [1.29, 1.82) is 0 Å². The first-order chi connectivity index (χ1) is 14.6. The van der Waals surface area contributed by atoms with Crippen molar-refractivity contribution in [3.8, 4) is 0 Å². The van der Waals surface area contributed by atoms with Crippen molar-refractivity contribution < 1.29 is 14.0 Å². The quantitative estimate of drug-likeness (QED) is 0.510. The number of amides is 4. The lowest BCUT2D eigenvalue weighted by Gasteiger charge is -2.33. The summed E-state index contributed by atoms with van der Waals surface area (Å²) in [5.74, 6) is 1.96. The van der Waals surface area contributed by atoms with E-state index in [9.17, 15) is 14.0 Å². The summed E-state index contributed by atoms with van der Waals surface area (Å²) in [4.78, 5) is 23.8. The van der Waals surface area contributed by atoms with Gasteiger partial charge in [0.25, 0.3) is 0 Å². The molecule has 2 aliphatic heterocycles. The molecule has 8 heteroatoms. The Kier molecular flexibility index (Phi) is 5.26. The first-order valence-electron chi connectivity index (χ1n) is 11.2. The zero-order valence-electron chi connectivity index (χ0n) is 17.0. The van der Waals surface area contributed by atoms with E-state index in [1.54, 1.807) is 12.1 Å². The van der Waals surface area contributed by atoms with E-state index in [-0.39, 0.29) is 42.5 Å². The highest BCUT2D eigenvalue weighted by molar-refractivity contribution is 5.77. The van der Waals surface area contributed by atoms with Gasteiger partial charge < -0.3 is 21.3 Å². The van der Waals surface area contributed by atoms with Gasteiger partial charge in [0, 0.05) is 24.6 Å². The van der Waals surface area contributed by atoms with Crippen LogP contribution in [0.15, 0.2) is 18.2 Å². The Balaban J connectivity index is 1.14. The van der Waals surface area contributed by atoms with E-state index in [0.29, 0.717) is 18.0 Å². The molecule has 1 aromatic carbocycles. The van der Waals surface area contributed by atoms with Crippen molar-refractivity contribution in [2.24, 2.45) is 17.8 Å². The van der Waals surface area contributed by atoms with Gasteiger partial charge in [-0.1, -0.05) is 18.6 Å². The molecule has 6 atom stereocenters. The maximum absolute atomic E-state index is 14.7. The van der Waals surface area contributed by atoms with Crippen molar-refractivity contribution in [2.45, 2.75) is 56.8 Å². The molecule has 0 radical (unpaired) electrons. The number of piperidine rings is 1. The lowest BCUT2D eigenvalue weighted by Crippen LogP contribution is -2.53. The lowest BCUT2D eigenvalue weighted by atomic mass is 9.84. The predicted octanol–water partition coefficient (Wildman–Crippen LogP) is 2.15. The Morgan fingerprint density at radius 2 is 2.03 bits per heavy atom. The number of halogens is 1.